The number of carbonyl (C=O) groups excluding carboxylic acids is 5. The number of phenolic OH excluding ortho intramolecular Hbond substituents is 1. The highest BCUT2D eigenvalue weighted by molar-refractivity contribution is 6.38. The maximum atomic E-state index is 13.7. The maximum Gasteiger partial charge on any atom is 0.255 e. The van der Waals surface area contributed by atoms with Crippen molar-refractivity contribution < 1.29 is 44.4 Å². The van der Waals surface area contributed by atoms with E-state index < -0.39 is 82.2 Å². The molecule has 0 bridgehead atoms. The lowest BCUT2D eigenvalue weighted by molar-refractivity contribution is -0.170. The van der Waals surface area contributed by atoms with Crippen LogP contribution >= 0.6 is 11.6 Å². The Labute approximate surface area is 209 Å². The van der Waals surface area contributed by atoms with E-state index in [4.69, 9.17) is 17.3 Å². The van der Waals surface area contributed by atoms with Crippen LogP contribution in [0.2, 0.25) is 5.02 Å². The van der Waals surface area contributed by atoms with Crippen LogP contribution < -0.4 is 16.4 Å². The molecule has 8 N–H and O–H groups in total. The normalized spacial score (nSPS) is 29.1. The van der Waals surface area contributed by atoms with Crippen LogP contribution in [-0.2, 0) is 25.6 Å². The number of benzene rings is 1. The highest BCUT2D eigenvalue weighted by atomic mass is 35.5. The van der Waals surface area contributed by atoms with Gasteiger partial charge in [0.15, 0.2) is 22.9 Å². The van der Waals surface area contributed by atoms with Gasteiger partial charge in [-0.3, -0.25) is 24.0 Å². The average Bonchev–Trinajstić information content (AvgIpc) is 2.76. The van der Waals surface area contributed by atoms with Crippen LogP contribution in [0.1, 0.15) is 42.6 Å². The molecule has 0 radical (unpaired) electrons. The van der Waals surface area contributed by atoms with E-state index in [1.165, 1.54) is 6.92 Å². The number of carbonyl (C=O) groups is 5. The second-order valence-electron chi connectivity index (χ2n) is 9.40. The van der Waals surface area contributed by atoms with Gasteiger partial charge in [0, 0.05) is 26.2 Å². The first kappa shape index (κ1) is 25.6. The molecule has 5 unspecified atom stereocenters. The largest absolute Gasteiger partial charge is 0.508 e. The fourth-order valence-corrected chi connectivity index (χ4v) is 6.06. The van der Waals surface area contributed by atoms with E-state index in [1.54, 1.807) is 0 Å². The molecule has 4 rings (SSSR count). The number of fused-ring (bicyclic) bond motifs is 3. The Kier molecular flexibility index (Phi) is 6.10. The van der Waals surface area contributed by atoms with Gasteiger partial charge >= 0.3 is 0 Å². The summed E-state index contributed by atoms with van der Waals surface area (Å²) in [6.07, 6.45) is -2.43. The Balaban J connectivity index is 1.91. The monoisotopic (exact) mass is 521 g/mol. The molecule has 3 aliphatic carbocycles. The van der Waals surface area contributed by atoms with Crippen molar-refractivity contribution in [3.63, 3.8) is 0 Å². The van der Waals surface area contributed by atoms with Gasteiger partial charge in [-0.1, -0.05) is 11.6 Å². The van der Waals surface area contributed by atoms with Gasteiger partial charge < -0.3 is 36.8 Å². The van der Waals surface area contributed by atoms with Gasteiger partial charge in [0.1, 0.15) is 23.1 Å². The lowest BCUT2D eigenvalue weighted by atomic mass is 9.55. The molecule has 3 aliphatic rings. The van der Waals surface area contributed by atoms with Gasteiger partial charge in [-0.25, -0.2) is 0 Å². The first-order valence-electron chi connectivity index (χ1n) is 11.1. The lowest BCUT2D eigenvalue weighted by Crippen LogP contribution is -2.64. The van der Waals surface area contributed by atoms with E-state index in [2.05, 4.69) is 10.6 Å². The van der Waals surface area contributed by atoms with Gasteiger partial charge in [-0.15, -0.1) is 0 Å². The number of rotatable bonds is 3. The fraction of sp³-hybridized carbons (Fsp3) is 0.435. The fourth-order valence-electron chi connectivity index (χ4n) is 5.77. The highest BCUT2D eigenvalue weighted by Gasteiger charge is 2.63. The van der Waals surface area contributed by atoms with Crippen LogP contribution in [-0.4, -0.2) is 61.4 Å². The van der Waals surface area contributed by atoms with Gasteiger partial charge in [-0.05, 0) is 24.3 Å². The predicted molar refractivity (Wildman–Crippen MR) is 124 cm³/mol. The molecule has 1 saturated carbocycles. The smallest absolute Gasteiger partial charge is 0.255 e. The third kappa shape index (κ3) is 3.55. The molecule has 0 aliphatic heterocycles. The van der Waals surface area contributed by atoms with Gasteiger partial charge in [0.2, 0.25) is 11.8 Å². The zero-order chi connectivity index (χ0) is 26.9. The number of aliphatic hydroxyl groups is 3. The summed E-state index contributed by atoms with van der Waals surface area (Å²) in [5.74, 6) is -9.03. The summed E-state index contributed by atoms with van der Waals surface area (Å²) in [5, 5.41) is 48.8. The number of hydrogen-bond acceptors (Lipinski definition) is 9. The van der Waals surface area contributed by atoms with Crippen LogP contribution in [0.25, 0.3) is 0 Å². The molecular weight excluding hydrogens is 498 g/mol. The molecule has 5 atom stereocenters. The molecule has 0 aromatic heterocycles. The highest BCUT2D eigenvalue weighted by Crippen LogP contribution is 2.55. The Bertz CT molecular complexity index is 1290. The summed E-state index contributed by atoms with van der Waals surface area (Å²) in [6.45, 7) is 2.34. The zero-order valence-electron chi connectivity index (χ0n) is 19.2. The Hall–Kier alpha value is -3.48. The summed E-state index contributed by atoms with van der Waals surface area (Å²) >= 11 is 6.39. The van der Waals surface area contributed by atoms with Crippen molar-refractivity contribution in [3.8, 4) is 5.75 Å². The number of aliphatic hydroxyl groups excluding tert-OH is 2. The van der Waals surface area contributed by atoms with Crippen molar-refractivity contribution >= 4 is 52.3 Å². The Morgan fingerprint density at radius 3 is 2.19 bits per heavy atom. The molecule has 0 spiro atoms. The van der Waals surface area contributed by atoms with E-state index in [1.807, 2.05) is 0 Å². The van der Waals surface area contributed by atoms with E-state index in [0.717, 1.165) is 6.92 Å². The molecular formula is C23H24ClN3O9. The van der Waals surface area contributed by atoms with Crippen molar-refractivity contribution in [3.05, 3.63) is 27.5 Å². The van der Waals surface area contributed by atoms with Crippen LogP contribution in [0.3, 0.4) is 0 Å². The average molecular weight is 522 g/mol. The summed E-state index contributed by atoms with van der Waals surface area (Å²) in [7, 11) is 0. The van der Waals surface area contributed by atoms with Crippen LogP contribution in [0.15, 0.2) is 11.3 Å². The minimum atomic E-state index is -2.52. The summed E-state index contributed by atoms with van der Waals surface area (Å²) < 4.78 is 0. The maximum absolute atomic E-state index is 13.7. The van der Waals surface area contributed by atoms with Crippen LogP contribution in [0.5, 0.6) is 5.75 Å². The third-order valence-corrected chi connectivity index (χ3v) is 7.59. The molecule has 0 saturated heterocycles. The SMILES string of the molecule is CC(=O)Nc1c(O)c2c(c(NC(C)=O)c1Cl)CC1CC3CC(=O)C(C(N)=O)=C(O)C3(O)C(O)C1C2=O. The van der Waals surface area contributed by atoms with Crippen LogP contribution in [0.4, 0.5) is 11.4 Å². The Morgan fingerprint density at radius 2 is 1.64 bits per heavy atom. The number of anilines is 2. The number of ketones is 2. The van der Waals surface area contributed by atoms with E-state index in [0.29, 0.717) is 0 Å². The molecule has 192 valence electrons. The van der Waals surface area contributed by atoms with Gasteiger partial charge in [0.05, 0.1) is 22.2 Å². The quantitative estimate of drug-likeness (QED) is 0.165. The van der Waals surface area contributed by atoms with E-state index in [-0.39, 0.29) is 40.4 Å². The van der Waals surface area contributed by atoms with Crippen molar-refractivity contribution in [2.24, 2.45) is 23.5 Å². The number of aromatic hydroxyl groups is 1. The number of Topliss-reactive ketones (excluding diaryl/α,β-unsaturated/α-hetero) is 2. The Morgan fingerprint density at radius 1 is 1.06 bits per heavy atom. The van der Waals surface area contributed by atoms with Crippen LogP contribution in [0, 0.1) is 17.8 Å². The summed E-state index contributed by atoms with van der Waals surface area (Å²) in [5.41, 5.74) is 1.31. The molecule has 0 heterocycles. The van der Waals surface area contributed by atoms with Gasteiger partial charge in [0.25, 0.3) is 5.91 Å². The number of phenols is 1. The molecule has 1 fully saturated rings. The first-order valence-corrected chi connectivity index (χ1v) is 11.4. The standard InChI is InChI=1S/C23H24ClN3O9/c1-6(28)26-16-10-4-8-3-9-5-11(30)14(22(25)35)21(34)23(9,36)20(33)12(8)18(31)13(10)19(32)17(15(16)24)27-7(2)29/h8-9,12,20,32-34,36H,3-5H2,1-2H3,(H2,25,35)(H,26,28)(H,27,29). The number of amides is 3. The zero-order valence-corrected chi connectivity index (χ0v) is 20.0. The molecule has 36 heavy (non-hydrogen) atoms. The third-order valence-electron chi connectivity index (χ3n) is 7.22. The lowest BCUT2D eigenvalue weighted by Gasteiger charge is -2.52. The summed E-state index contributed by atoms with van der Waals surface area (Å²) in [4.78, 5) is 61.5. The van der Waals surface area contributed by atoms with Crippen molar-refractivity contribution in [2.45, 2.75) is 44.8 Å². The van der Waals surface area contributed by atoms with Crippen molar-refractivity contribution in [2.75, 3.05) is 10.6 Å². The predicted octanol–water partition coefficient (Wildman–Crippen LogP) is 0.316. The molecule has 3 amide bonds. The molecule has 1 aromatic rings. The molecule has 13 heteroatoms. The minimum Gasteiger partial charge on any atom is -0.508 e. The minimum absolute atomic E-state index is 0.0127. The number of primary amides is 1. The molecule has 12 nitrogen and oxygen atoms in total. The number of hydrogen-bond donors (Lipinski definition) is 7. The number of halogens is 1. The van der Waals surface area contributed by atoms with Crippen molar-refractivity contribution in [1.82, 2.24) is 0 Å². The topological polar surface area (TPSA) is 216 Å². The number of nitrogens with two attached hydrogens (primary N) is 1. The van der Waals surface area contributed by atoms with E-state index >= 15 is 0 Å². The van der Waals surface area contributed by atoms with Crippen molar-refractivity contribution in [1.29, 1.82) is 0 Å². The first-order chi connectivity index (χ1) is 16.7. The number of nitrogens with one attached hydrogen (secondary N) is 2. The van der Waals surface area contributed by atoms with Gasteiger partial charge in [-0.2, -0.15) is 0 Å². The second kappa shape index (κ2) is 8.57. The summed E-state index contributed by atoms with van der Waals surface area (Å²) in [6, 6.07) is 0. The van der Waals surface area contributed by atoms with E-state index in [9.17, 15) is 44.4 Å². The second-order valence-corrected chi connectivity index (χ2v) is 9.78. The molecule has 1 aromatic carbocycles.